The van der Waals surface area contributed by atoms with Crippen LogP contribution in [0.15, 0.2) is 48.3 Å². The molecule has 17 heavy (non-hydrogen) atoms. The van der Waals surface area contributed by atoms with Crippen molar-refractivity contribution < 1.29 is 8.78 Å². The van der Waals surface area contributed by atoms with Crippen molar-refractivity contribution in [1.29, 1.82) is 0 Å². The quantitative estimate of drug-likeness (QED) is 0.730. The van der Waals surface area contributed by atoms with E-state index in [1.807, 2.05) is 24.3 Å². The molecule has 0 N–H and O–H groups in total. The number of fused-ring (bicyclic) bond motifs is 1. The number of halogens is 2. The number of hydrogen-bond acceptors (Lipinski definition) is 1. The van der Waals surface area contributed by atoms with Crippen LogP contribution in [-0.2, 0) is 0 Å². The lowest BCUT2D eigenvalue weighted by Crippen LogP contribution is -2.01. The largest absolute Gasteiger partial charge is 0.300 e. The molecule has 2 nitrogen and oxygen atoms in total. The van der Waals surface area contributed by atoms with Crippen LogP contribution >= 0.6 is 0 Å². The molecule has 1 aromatic heterocycles. The van der Waals surface area contributed by atoms with E-state index < -0.39 is 11.7 Å². The van der Waals surface area contributed by atoms with Gasteiger partial charge in [-0.3, -0.25) is 4.57 Å². The third kappa shape index (κ3) is 1.65. The van der Waals surface area contributed by atoms with Crippen molar-refractivity contribution in [3.8, 4) is 0 Å². The summed E-state index contributed by atoms with van der Waals surface area (Å²) in [6, 6.07) is 7.49. The van der Waals surface area contributed by atoms with Gasteiger partial charge < -0.3 is 0 Å². The molecule has 0 aliphatic heterocycles. The standard InChI is InChI=1S/C13H10F2N2/c14-9-5-6-12(10(15)7-9)17-8-16-11-3-1-2-4-13(11)17/h1-4,7-8H,5-6H2. The van der Waals surface area contributed by atoms with Gasteiger partial charge in [0.2, 0.25) is 0 Å². The summed E-state index contributed by atoms with van der Waals surface area (Å²) >= 11 is 0. The smallest absolute Gasteiger partial charge is 0.145 e. The topological polar surface area (TPSA) is 17.8 Å². The predicted molar refractivity (Wildman–Crippen MR) is 62.5 cm³/mol. The number of nitrogens with zero attached hydrogens (tertiary/aromatic N) is 2. The Balaban J connectivity index is 2.19. The lowest BCUT2D eigenvalue weighted by Gasteiger charge is -2.13. The van der Waals surface area contributed by atoms with E-state index >= 15 is 0 Å². The first kappa shape index (κ1) is 10.2. The molecule has 0 fully saturated rings. The zero-order valence-corrected chi connectivity index (χ0v) is 9.03. The van der Waals surface area contributed by atoms with Gasteiger partial charge in [0.1, 0.15) is 18.0 Å². The molecular weight excluding hydrogens is 222 g/mol. The van der Waals surface area contributed by atoms with Crippen LogP contribution in [0, 0.1) is 0 Å². The van der Waals surface area contributed by atoms with Crippen molar-refractivity contribution in [2.24, 2.45) is 0 Å². The number of hydrogen-bond donors (Lipinski definition) is 0. The molecule has 0 amide bonds. The highest BCUT2D eigenvalue weighted by Crippen LogP contribution is 2.30. The minimum absolute atomic E-state index is 0.245. The molecule has 0 bridgehead atoms. The van der Waals surface area contributed by atoms with Gasteiger partial charge in [-0.2, -0.15) is 0 Å². The van der Waals surface area contributed by atoms with E-state index in [9.17, 15) is 8.78 Å². The maximum absolute atomic E-state index is 13.7. The van der Waals surface area contributed by atoms with Crippen molar-refractivity contribution in [3.05, 3.63) is 48.3 Å². The van der Waals surface area contributed by atoms with Crippen LogP contribution in [0.3, 0.4) is 0 Å². The molecule has 0 radical (unpaired) electrons. The molecule has 86 valence electrons. The van der Waals surface area contributed by atoms with Crippen LogP contribution in [0.4, 0.5) is 8.78 Å². The summed E-state index contributed by atoms with van der Waals surface area (Å²) in [7, 11) is 0. The second-order valence-electron chi connectivity index (χ2n) is 3.99. The van der Waals surface area contributed by atoms with Crippen LogP contribution in [0.2, 0.25) is 0 Å². The fourth-order valence-electron chi connectivity index (χ4n) is 2.06. The molecule has 0 spiro atoms. The minimum atomic E-state index is -0.517. The highest BCUT2D eigenvalue weighted by atomic mass is 19.1. The molecule has 1 heterocycles. The monoisotopic (exact) mass is 232 g/mol. The van der Waals surface area contributed by atoms with E-state index in [1.54, 1.807) is 10.9 Å². The lowest BCUT2D eigenvalue weighted by molar-refractivity contribution is 0.558. The maximum atomic E-state index is 13.7. The van der Waals surface area contributed by atoms with Crippen molar-refractivity contribution in [1.82, 2.24) is 9.55 Å². The van der Waals surface area contributed by atoms with E-state index in [0.29, 0.717) is 12.1 Å². The second-order valence-corrected chi connectivity index (χ2v) is 3.99. The van der Waals surface area contributed by atoms with Crippen LogP contribution in [-0.4, -0.2) is 9.55 Å². The van der Waals surface area contributed by atoms with Gasteiger partial charge in [0.05, 0.1) is 16.7 Å². The van der Waals surface area contributed by atoms with Crippen molar-refractivity contribution >= 4 is 16.7 Å². The molecule has 1 aromatic carbocycles. The van der Waals surface area contributed by atoms with E-state index in [2.05, 4.69) is 4.98 Å². The molecule has 4 heteroatoms. The number of benzene rings is 1. The average Bonchev–Trinajstić information content (AvgIpc) is 2.73. The molecule has 1 aliphatic rings. The number of aromatic nitrogens is 2. The maximum Gasteiger partial charge on any atom is 0.145 e. The minimum Gasteiger partial charge on any atom is -0.300 e. The van der Waals surface area contributed by atoms with Crippen LogP contribution in [0.1, 0.15) is 12.8 Å². The Morgan fingerprint density at radius 2 is 1.94 bits per heavy atom. The Morgan fingerprint density at radius 1 is 1.12 bits per heavy atom. The normalized spacial score (nSPS) is 16.5. The molecule has 0 saturated heterocycles. The molecular formula is C13H10F2N2. The fourth-order valence-corrected chi connectivity index (χ4v) is 2.06. The van der Waals surface area contributed by atoms with E-state index in [4.69, 9.17) is 0 Å². The number of para-hydroxylation sites is 2. The summed E-state index contributed by atoms with van der Waals surface area (Å²) in [6.45, 7) is 0. The fraction of sp³-hybridized carbons (Fsp3) is 0.154. The van der Waals surface area contributed by atoms with Crippen LogP contribution in [0.5, 0.6) is 0 Å². The summed E-state index contributed by atoms with van der Waals surface area (Å²) in [6.07, 6.45) is 3.13. The van der Waals surface area contributed by atoms with Crippen LogP contribution in [0.25, 0.3) is 16.7 Å². The number of allylic oxidation sites excluding steroid dienone is 4. The zero-order chi connectivity index (χ0) is 11.8. The van der Waals surface area contributed by atoms with E-state index in [1.165, 1.54) is 0 Å². The van der Waals surface area contributed by atoms with Crippen molar-refractivity contribution in [2.45, 2.75) is 12.8 Å². The summed E-state index contributed by atoms with van der Waals surface area (Å²) < 4.78 is 28.3. The van der Waals surface area contributed by atoms with Gasteiger partial charge in [0.15, 0.2) is 0 Å². The molecule has 3 rings (SSSR count). The lowest BCUT2D eigenvalue weighted by atomic mass is 10.1. The van der Waals surface area contributed by atoms with Gasteiger partial charge in [0, 0.05) is 12.5 Å². The van der Waals surface area contributed by atoms with Crippen molar-refractivity contribution in [3.63, 3.8) is 0 Å². The molecule has 0 unspecified atom stereocenters. The zero-order valence-electron chi connectivity index (χ0n) is 9.03. The SMILES string of the molecule is FC1=CC(F)=C(n2cnc3ccccc32)CC1. The Bertz CT molecular complexity index is 638. The van der Waals surface area contributed by atoms with Gasteiger partial charge in [-0.05, 0) is 18.6 Å². The summed E-state index contributed by atoms with van der Waals surface area (Å²) in [4.78, 5) is 4.20. The third-order valence-electron chi connectivity index (χ3n) is 2.90. The van der Waals surface area contributed by atoms with Gasteiger partial charge in [-0.25, -0.2) is 13.8 Å². The first-order chi connectivity index (χ1) is 8.25. The van der Waals surface area contributed by atoms with Gasteiger partial charge >= 0.3 is 0 Å². The second kappa shape index (κ2) is 3.80. The highest BCUT2D eigenvalue weighted by Gasteiger charge is 2.16. The molecule has 2 aromatic rings. The predicted octanol–water partition coefficient (Wildman–Crippen LogP) is 3.82. The Kier molecular flexibility index (Phi) is 2.28. The number of imidazole rings is 1. The Morgan fingerprint density at radius 3 is 2.76 bits per heavy atom. The summed E-state index contributed by atoms with van der Waals surface area (Å²) in [5.74, 6) is -0.924. The first-order valence-electron chi connectivity index (χ1n) is 5.43. The van der Waals surface area contributed by atoms with Gasteiger partial charge in [-0.15, -0.1) is 0 Å². The summed E-state index contributed by atoms with van der Waals surface area (Å²) in [5, 5.41) is 0. The van der Waals surface area contributed by atoms with Gasteiger partial charge in [0.25, 0.3) is 0 Å². The molecule has 0 atom stereocenters. The van der Waals surface area contributed by atoms with Gasteiger partial charge in [-0.1, -0.05) is 12.1 Å². The Labute approximate surface area is 96.9 Å². The first-order valence-corrected chi connectivity index (χ1v) is 5.43. The van der Waals surface area contributed by atoms with Crippen molar-refractivity contribution in [2.75, 3.05) is 0 Å². The highest BCUT2D eigenvalue weighted by molar-refractivity contribution is 5.79. The third-order valence-corrected chi connectivity index (χ3v) is 2.90. The average molecular weight is 232 g/mol. The van der Waals surface area contributed by atoms with Crippen LogP contribution < -0.4 is 0 Å². The summed E-state index contributed by atoms with van der Waals surface area (Å²) in [5.41, 5.74) is 2.12. The Hall–Kier alpha value is -1.97. The number of rotatable bonds is 1. The van der Waals surface area contributed by atoms with E-state index in [-0.39, 0.29) is 6.42 Å². The molecule has 0 saturated carbocycles. The molecule has 1 aliphatic carbocycles. The van der Waals surface area contributed by atoms with E-state index in [0.717, 1.165) is 17.1 Å².